The van der Waals surface area contributed by atoms with Crippen molar-refractivity contribution in [3.8, 4) is 0 Å². The lowest BCUT2D eigenvalue weighted by Gasteiger charge is -2.13. The molecule has 0 fully saturated rings. The molecule has 116 valence electrons. The molecule has 8 heteroatoms. The highest BCUT2D eigenvalue weighted by Gasteiger charge is 2.42. The SMILES string of the molecule is Cc1ccc(NS(=O)(=O)C2CS(=O)(=O)c3ccccc32)nc1. The Kier molecular flexibility index (Phi) is 3.45. The van der Waals surface area contributed by atoms with E-state index in [1.165, 1.54) is 18.3 Å². The van der Waals surface area contributed by atoms with Gasteiger partial charge in [0, 0.05) is 6.20 Å². The molecule has 22 heavy (non-hydrogen) atoms. The van der Waals surface area contributed by atoms with Crippen molar-refractivity contribution in [3.63, 3.8) is 0 Å². The second-order valence-corrected chi connectivity index (χ2v) is 9.04. The van der Waals surface area contributed by atoms with Crippen molar-refractivity contribution in [1.82, 2.24) is 4.98 Å². The Morgan fingerprint density at radius 2 is 1.91 bits per heavy atom. The van der Waals surface area contributed by atoms with Crippen molar-refractivity contribution in [2.24, 2.45) is 0 Å². The van der Waals surface area contributed by atoms with E-state index in [9.17, 15) is 16.8 Å². The van der Waals surface area contributed by atoms with Crippen LogP contribution in [0.4, 0.5) is 5.82 Å². The fraction of sp³-hybridized carbons (Fsp3) is 0.214. The van der Waals surface area contributed by atoms with Crippen LogP contribution in [0.2, 0.25) is 0 Å². The largest absolute Gasteiger partial charge is 0.267 e. The number of hydrogen-bond acceptors (Lipinski definition) is 5. The highest BCUT2D eigenvalue weighted by atomic mass is 32.2. The van der Waals surface area contributed by atoms with Crippen molar-refractivity contribution in [3.05, 3.63) is 53.7 Å². The number of aromatic nitrogens is 1. The van der Waals surface area contributed by atoms with Crippen LogP contribution in [0.3, 0.4) is 0 Å². The van der Waals surface area contributed by atoms with E-state index in [1.54, 1.807) is 24.3 Å². The predicted octanol–water partition coefficient (Wildman–Crippen LogP) is 1.66. The molecule has 0 spiro atoms. The molecule has 1 aliphatic heterocycles. The molecule has 2 aromatic rings. The van der Waals surface area contributed by atoms with Crippen LogP contribution in [0.15, 0.2) is 47.5 Å². The van der Waals surface area contributed by atoms with Crippen molar-refractivity contribution >= 4 is 25.7 Å². The van der Waals surface area contributed by atoms with Gasteiger partial charge >= 0.3 is 0 Å². The molecule has 0 amide bonds. The third kappa shape index (κ3) is 2.59. The van der Waals surface area contributed by atoms with Gasteiger partial charge < -0.3 is 0 Å². The van der Waals surface area contributed by atoms with Gasteiger partial charge in [-0.25, -0.2) is 21.8 Å². The first-order valence-electron chi connectivity index (χ1n) is 6.55. The highest BCUT2D eigenvalue weighted by Crippen LogP contribution is 2.38. The molecule has 3 rings (SSSR count). The van der Waals surface area contributed by atoms with Crippen LogP contribution in [0, 0.1) is 6.92 Å². The lowest BCUT2D eigenvalue weighted by molar-refractivity contribution is 0.586. The van der Waals surface area contributed by atoms with E-state index in [0.717, 1.165) is 5.56 Å². The van der Waals surface area contributed by atoms with Gasteiger partial charge in [0.2, 0.25) is 10.0 Å². The molecule has 0 aliphatic carbocycles. The number of hydrogen-bond donors (Lipinski definition) is 1. The minimum atomic E-state index is -3.90. The Labute approximate surface area is 129 Å². The standard InChI is InChI=1S/C14H14N2O4S2/c1-10-6-7-14(15-8-10)16-22(19,20)13-9-21(17,18)12-5-3-2-4-11(12)13/h2-8,13H,9H2,1H3,(H,15,16). The maximum atomic E-state index is 12.5. The maximum Gasteiger partial charge on any atom is 0.242 e. The van der Waals surface area contributed by atoms with Gasteiger partial charge in [-0.05, 0) is 30.2 Å². The van der Waals surface area contributed by atoms with E-state index >= 15 is 0 Å². The van der Waals surface area contributed by atoms with Gasteiger partial charge in [-0.1, -0.05) is 24.3 Å². The number of rotatable bonds is 3. The zero-order valence-electron chi connectivity index (χ0n) is 11.7. The molecule has 1 aromatic heterocycles. The van der Waals surface area contributed by atoms with Gasteiger partial charge in [0.15, 0.2) is 9.84 Å². The quantitative estimate of drug-likeness (QED) is 0.919. The fourth-order valence-electron chi connectivity index (χ4n) is 2.41. The van der Waals surface area contributed by atoms with Crippen LogP contribution < -0.4 is 4.72 Å². The minimum Gasteiger partial charge on any atom is -0.267 e. The molecule has 0 saturated heterocycles. The lowest BCUT2D eigenvalue weighted by Crippen LogP contribution is -2.23. The summed E-state index contributed by atoms with van der Waals surface area (Å²) in [5.74, 6) is -0.277. The number of anilines is 1. The summed E-state index contributed by atoms with van der Waals surface area (Å²) in [6, 6.07) is 9.45. The van der Waals surface area contributed by atoms with E-state index in [0.29, 0.717) is 5.56 Å². The summed E-state index contributed by atoms with van der Waals surface area (Å²) in [5.41, 5.74) is 1.21. The van der Waals surface area contributed by atoms with Crippen molar-refractivity contribution in [1.29, 1.82) is 0 Å². The average molecular weight is 338 g/mol. The summed E-state index contributed by atoms with van der Waals surface area (Å²) in [6.45, 7) is 1.84. The number of fused-ring (bicyclic) bond motifs is 1. The van der Waals surface area contributed by atoms with E-state index in [2.05, 4.69) is 9.71 Å². The number of sulfonamides is 1. The van der Waals surface area contributed by atoms with Crippen molar-refractivity contribution in [2.75, 3.05) is 10.5 Å². The first-order chi connectivity index (χ1) is 10.3. The minimum absolute atomic E-state index is 0.0854. The Morgan fingerprint density at radius 1 is 1.18 bits per heavy atom. The van der Waals surface area contributed by atoms with Crippen LogP contribution >= 0.6 is 0 Å². The van der Waals surface area contributed by atoms with Crippen molar-refractivity contribution in [2.45, 2.75) is 17.1 Å². The molecule has 2 heterocycles. The van der Waals surface area contributed by atoms with Gasteiger partial charge in [0.25, 0.3) is 0 Å². The van der Waals surface area contributed by atoms with E-state index in [-0.39, 0.29) is 10.7 Å². The molecule has 0 radical (unpaired) electrons. The Hall–Kier alpha value is -1.93. The average Bonchev–Trinajstić information content (AvgIpc) is 2.75. The summed E-state index contributed by atoms with van der Waals surface area (Å²) in [7, 11) is -7.48. The van der Waals surface area contributed by atoms with Gasteiger partial charge in [-0.3, -0.25) is 4.72 Å². The van der Waals surface area contributed by atoms with Gasteiger partial charge in [0.1, 0.15) is 11.1 Å². The zero-order valence-corrected chi connectivity index (χ0v) is 13.4. The second kappa shape index (κ2) is 5.06. The monoisotopic (exact) mass is 338 g/mol. The predicted molar refractivity (Wildman–Crippen MR) is 82.8 cm³/mol. The zero-order chi connectivity index (χ0) is 16.0. The Morgan fingerprint density at radius 3 is 2.59 bits per heavy atom. The summed E-state index contributed by atoms with van der Waals surface area (Å²) < 4.78 is 51.6. The third-order valence-electron chi connectivity index (χ3n) is 3.50. The normalized spacial score (nSPS) is 19.6. The fourth-order valence-corrected chi connectivity index (χ4v) is 6.45. The number of nitrogens with one attached hydrogen (secondary N) is 1. The molecule has 1 aromatic carbocycles. The summed E-state index contributed by atoms with van der Waals surface area (Å²) in [6.07, 6.45) is 1.54. The van der Waals surface area contributed by atoms with Gasteiger partial charge in [-0.2, -0.15) is 0 Å². The number of nitrogens with zero attached hydrogens (tertiary/aromatic N) is 1. The molecule has 1 unspecified atom stereocenters. The second-order valence-electron chi connectivity index (χ2n) is 5.18. The molecular formula is C14H14N2O4S2. The number of pyridine rings is 1. The summed E-state index contributed by atoms with van der Waals surface area (Å²) in [4.78, 5) is 4.07. The number of sulfone groups is 1. The molecule has 0 bridgehead atoms. The van der Waals surface area contributed by atoms with E-state index in [1.807, 2.05) is 6.92 Å². The first kappa shape index (κ1) is 15.0. The molecule has 1 aliphatic rings. The summed E-state index contributed by atoms with van der Waals surface area (Å²) in [5, 5.41) is -1.13. The third-order valence-corrected chi connectivity index (χ3v) is 7.19. The number of aryl methyl sites for hydroxylation is 1. The first-order valence-corrected chi connectivity index (χ1v) is 9.75. The van der Waals surface area contributed by atoms with Crippen LogP contribution in [0.5, 0.6) is 0 Å². The van der Waals surface area contributed by atoms with Crippen LogP contribution in [0.25, 0.3) is 0 Å². The van der Waals surface area contributed by atoms with Gasteiger partial charge in [0.05, 0.1) is 10.6 Å². The molecule has 1 atom stereocenters. The van der Waals surface area contributed by atoms with Gasteiger partial charge in [-0.15, -0.1) is 0 Å². The topological polar surface area (TPSA) is 93.2 Å². The Bertz CT molecular complexity index is 920. The molecule has 1 N–H and O–H groups in total. The highest BCUT2D eigenvalue weighted by molar-refractivity contribution is 7.96. The van der Waals surface area contributed by atoms with Crippen LogP contribution in [-0.4, -0.2) is 27.6 Å². The maximum absolute atomic E-state index is 12.5. The van der Waals surface area contributed by atoms with E-state index in [4.69, 9.17) is 0 Å². The van der Waals surface area contributed by atoms with Crippen LogP contribution in [0.1, 0.15) is 16.4 Å². The molecule has 0 saturated carbocycles. The van der Waals surface area contributed by atoms with Crippen molar-refractivity contribution < 1.29 is 16.8 Å². The van der Waals surface area contributed by atoms with E-state index < -0.39 is 30.9 Å². The lowest BCUT2D eigenvalue weighted by atomic mass is 10.2. The molecular weight excluding hydrogens is 324 g/mol. The molecule has 6 nitrogen and oxygen atoms in total. The number of benzene rings is 1. The van der Waals surface area contributed by atoms with Crippen LogP contribution in [-0.2, 0) is 19.9 Å². The smallest absolute Gasteiger partial charge is 0.242 e. The Balaban J connectivity index is 1.99. The summed E-state index contributed by atoms with van der Waals surface area (Å²) >= 11 is 0.